The van der Waals surface area contributed by atoms with Gasteiger partial charge in [0.05, 0.1) is 5.60 Å². The molecule has 0 aliphatic heterocycles. The Labute approximate surface area is 100 Å². The molecule has 2 nitrogen and oxygen atoms in total. The zero-order valence-electron chi connectivity index (χ0n) is 8.85. The van der Waals surface area contributed by atoms with Crippen molar-refractivity contribution >= 4 is 23.2 Å². The van der Waals surface area contributed by atoms with Gasteiger partial charge >= 0.3 is 0 Å². The van der Waals surface area contributed by atoms with Gasteiger partial charge in [0.15, 0.2) is 0 Å². The molecule has 0 spiro atoms. The molecular weight excluding hydrogens is 233 g/mol. The van der Waals surface area contributed by atoms with Crippen LogP contribution >= 0.6 is 23.2 Å². The molecule has 1 aromatic rings. The molecule has 2 N–H and O–H groups in total. The molecule has 0 saturated carbocycles. The summed E-state index contributed by atoms with van der Waals surface area (Å²) in [5.74, 6) is 0. The monoisotopic (exact) mass is 247 g/mol. The molecular formula is C11H15Cl2NO. The van der Waals surface area contributed by atoms with Crippen molar-refractivity contribution in [3.63, 3.8) is 0 Å². The zero-order valence-corrected chi connectivity index (χ0v) is 10.4. The van der Waals surface area contributed by atoms with E-state index in [0.29, 0.717) is 23.1 Å². The fourth-order valence-electron chi connectivity index (χ4n) is 1.18. The van der Waals surface area contributed by atoms with Crippen molar-refractivity contribution in [2.45, 2.75) is 26.0 Å². The average Bonchev–Trinajstić information content (AvgIpc) is 2.09. The summed E-state index contributed by atoms with van der Waals surface area (Å²) in [5, 5.41) is 14.0. The van der Waals surface area contributed by atoms with Crippen LogP contribution in [-0.2, 0) is 6.54 Å². The van der Waals surface area contributed by atoms with Crippen molar-refractivity contribution in [2.75, 3.05) is 6.54 Å². The van der Waals surface area contributed by atoms with E-state index >= 15 is 0 Å². The normalized spacial score (nSPS) is 11.8. The minimum Gasteiger partial charge on any atom is -0.389 e. The molecule has 0 bridgehead atoms. The summed E-state index contributed by atoms with van der Waals surface area (Å²) in [5.41, 5.74) is 0.221. The van der Waals surface area contributed by atoms with Crippen LogP contribution in [0.4, 0.5) is 0 Å². The summed E-state index contributed by atoms with van der Waals surface area (Å²) >= 11 is 11.8. The van der Waals surface area contributed by atoms with Crippen molar-refractivity contribution in [1.82, 2.24) is 5.32 Å². The van der Waals surface area contributed by atoms with E-state index in [-0.39, 0.29) is 0 Å². The molecule has 0 aliphatic carbocycles. The van der Waals surface area contributed by atoms with E-state index in [1.54, 1.807) is 26.0 Å². The average molecular weight is 248 g/mol. The van der Waals surface area contributed by atoms with Gasteiger partial charge in [-0.1, -0.05) is 23.2 Å². The number of nitrogens with one attached hydrogen (secondary N) is 1. The summed E-state index contributed by atoms with van der Waals surface area (Å²) in [6, 6.07) is 5.34. The standard InChI is InChI=1S/C11H15Cl2NO/c1-11(2,15)7-14-6-8-5-9(12)3-4-10(8)13/h3-5,14-15H,6-7H2,1-2H3. The predicted octanol–water partition coefficient (Wildman–Crippen LogP) is 2.85. The largest absolute Gasteiger partial charge is 0.389 e. The van der Waals surface area contributed by atoms with Gasteiger partial charge in [-0.3, -0.25) is 0 Å². The third-order valence-electron chi connectivity index (χ3n) is 1.88. The molecule has 0 amide bonds. The van der Waals surface area contributed by atoms with E-state index in [1.807, 2.05) is 6.07 Å². The highest BCUT2D eigenvalue weighted by Gasteiger charge is 2.11. The van der Waals surface area contributed by atoms with Crippen LogP contribution in [0.15, 0.2) is 18.2 Å². The van der Waals surface area contributed by atoms with E-state index in [0.717, 1.165) is 5.56 Å². The Morgan fingerprint density at radius 1 is 1.33 bits per heavy atom. The molecule has 0 aromatic heterocycles. The van der Waals surface area contributed by atoms with Crippen LogP contribution < -0.4 is 5.32 Å². The smallest absolute Gasteiger partial charge is 0.0715 e. The van der Waals surface area contributed by atoms with Gasteiger partial charge in [-0.25, -0.2) is 0 Å². The first-order valence-corrected chi connectivity index (χ1v) is 5.51. The maximum absolute atomic E-state index is 9.50. The highest BCUT2D eigenvalue weighted by atomic mass is 35.5. The van der Waals surface area contributed by atoms with E-state index in [1.165, 1.54) is 0 Å². The quantitative estimate of drug-likeness (QED) is 0.858. The van der Waals surface area contributed by atoms with Gasteiger partial charge in [0.1, 0.15) is 0 Å². The van der Waals surface area contributed by atoms with Gasteiger partial charge in [-0.15, -0.1) is 0 Å². The molecule has 0 radical (unpaired) electrons. The minimum atomic E-state index is -0.717. The van der Waals surface area contributed by atoms with Crippen LogP contribution in [0.3, 0.4) is 0 Å². The van der Waals surface area contributed by atoms with Crippen molar-refractivity contribution in [2.24, 2.45) is 0 Å². The first kappa shape index (κ1) is 12.8. The Balaban J connectivity index is 2.54. The van der Waals surface area contributed by atoms with Gasteiger partial charge in [0, 0.05) is 23.1 Å². The van der Waals surface area contributed by atoms with Gasteiger partial charge in [0.2, 0.25) is 0 Å². The maximum Gasteiger partial charge on any atom is 0.0715 e. The molecule has 0 aliphatic rings. The van der Waals surface area contributed by atoms with Crippen LogP contribution in [-0.4, -0.2) is 17.3 Å². The Morgan fingerprint density at radius 3 is 2.60 bits per heavy atom. The third kappa shape index (κ3) is 4.85. The lowest BCUT2D eigenvalue weighted by molar-refractivity contribution is 0.0795. The first-order chi connectivity index (χ1) is 6.88. The molecule has 0 saturated heterocycles. The molecule has 0 unspecified atom stereocenters. The molecule has 0 fully saturated rings. The second-order valence-electron chi connectivity index (χ2n) is 4.15. The fourth-order valence-corrected chi connectivity index (χ4v) is 1.56. The second-order valence-corrected chi connectivity index (χ2v) is 5.00. The second kappa shape index (κ2) is 5.17. The highest BCUT2D eigenvalue weighted by Crippen LogP contribution is 2.20. The van der Waals surface area contributed by atoms with Crippen LogP contribution in [0.1, 0.15) is 19.4 Å². The number of aliphatic hydroxyl groups is 1. The lowest BCUT2D eigenvalue weighted by atomic mass is 10.1. The minimum absolute atomic E-state index is 0.510. The molecule has 15 heavy (non-hydrogen) atoms. The Hall–Kier alpha value is -0.280. The van der Waals surface area contributed by atoms with Crippen LogP contribution in [0, 0.1) is 0 Å². The molecule has 84 valence electrons. The summed E-state index contributed by atoms with van der Waals surface area (Å²) < 4.78 is 0. The fraction of sp³-hybridized carbons (Fsp3) is 0.455. The van der Waals surface area contributed by atoms with Crippen molar-refractivity contribution < 1.29 is 5.11 Å². The Morgan fingerprint density at radius 2 is 2.00 bits per heavy atom. The molecule has 0 atom stereocenters. The van der Waals surface area contributed by atoms with Gasteiger partial charge < -0.3 is 10.4 Å². The zero-order chi connectivity index (χ0) is 11.5. The highest BCUT2D eigenvalue weighted by molar-refractivity contribution is 6.33. The van der Waals surface area contributed by atoms with Gasteiger partial charge in [-0.2, -0.15) is 0 Å². The lowest BCUT2D eigenvalue weighted by Gasteiger charge is -2.18. The van der Waals surface area contributed by atoms with E-state index in [9.17, 15) is 5.11 Å². The molecule has 4 heteroatoms. The van der Waals surface area contributed by atoms with Crippen LogP contribution in [0.25, 0.3) is 0 Å². The number of benzene rings is 1. The number of rotatable bonds is 4. The van der Waals surface area contributed by atoms with Gasteiger partial charge in [0.25, 0.3) is 0 Å². The summed E-state index contributed by atoms with van der Waals surface area (Å²) in [4.78, 5) is 0. The summed E-state index contributed by atoms with van der Waals surface area (Å²) in [6.07, 6.45) is 0. The number of halogens is 2. The van der Waals surface area contributed by atoms with E-state index in [2.05, 4.69) is 5.32 Å². The van der Waals surface area contributed by atoms with Crippen molar-refractivity contribution in [3.05, 3.63) is 33.8 Å². The van der Waals surface area contributed by atoms with Crippen molar-refractivity contribution in [1.29, 1.82) is 0 Å². The number of hydrogen-bond donors (Lipinski definition) is 2. The predicted molar refractivity (Wildman–Crippen MR) is 64.5 cm³/mol. The first-order valence-electron chi connectivity index (χ1n) is 4.75. The van der Waals surface area contributed by atoms with Crippen LogP contribution in [0.5, 0.6) is 0 Å². The van der Waals surface area contributed by atoms with E-state index in [4.69, 9.17) is 23.2 Å². The Kier molecular flexibility index (Phi) is 4.41. The number of hydrogen-bond acceptors (Lipinski definition) is 2. The SMILES string of the molecule is CC(C)(O)CNCc1cc(Cl)ccc1Cl. The summed E-state index contributed by atoms with van der Waals surface area (Å²) in [6.45, 7) is 4.61. The van der Waals surface area contributed by atoms with Gasteiger partial charge in [-0.05, 0) is 37.6 Å². The van der Waals surface area contributed by atoms with Crippen molar-refractivity contribution in [3.8, 4) is 0 Å². The third-order valence-corrected chi connectivity index (χ3v) is 2.48. The van der Waals surface area contributed by atoms with E-state index < -0.39 is 5.60 Å². The molecule has 0 heterocycles. The maximum atomic E-state index is 9.50. The summed E-state index contributed by atoms with van der Waals surface area (Å²) in [7, 11) is 0. The topological polar surface area (TPSA) is 32.3 Å². The molecule has 1 rings (SSSR count). The molecule has 1 aromatic carbocycles. The Bertz CT molecular complexity index is 334. The lowest BCUT2D eigenvalue weighted by Crippen LogP contribution is -2.34. The van der Waals surface area contributed by atoms with Crippen LogP contribution in [0.2, 0.25) is 10.0 Å².